The molecule has 8 nitrogen and oxygen atoms in total. The number of aryl methyl sites for hydroxylation is 1. The van der Waals surface area contributed by atoms with E-state index < -0.39 is 28.5 Å². The SMILES string of the molecule is COc1cccc(CN(C(=O)CN(c2ccc(Cl)c(Cl)c2)S(=O)(=O)c2ccc(C)cc2)[C@@H](C)C(=O)NC(C)C)c1. The van der Waals surface area contributed by atoms with Gasteiger partial charge in [0.2, 0.25) is 11.8 Å². The van der Waals surface area contributed by atoms with Crippen molar-refractivity contribution >= 4 is 50.7 Å². The first-order chi connectivity index (χ1) is 18.8. The third-order valence-electron chi connectivity index (χ3n) is 6.16. The van der Waals surface area contributed by atoms with Crippen molar-refractivity contribution in [2.24, 2.45) is 0 Å². The first kappa shape index (κ1) is 31.3. The standard InChI is InChI=1S/C29H33Cl2N3O5S/c1-19(2)32-29(36)21(4)33(17-22-7-6-8-24(15-22)39-5)28(35)18-34(23-11-14-26(30)27(31)16-23)40(37,38)25-12-9-20(3)10-13-25/h6-16,19,21H,17-18H2,1-5H3,(H,32,36)/t21-/m0/s1. The lowest BCUT2D eigenvalue weighted by Crippen LogP contribution is -2.52. The van der Waals surface area contributed by atoms with Crippen molar-refractivity contribution in [3.05, 3.63) is 87.9 Å². The Bertz CT molecular complexity index is 1460. The molecule has 1 N–H and O–H groups in total. The number of methoxy groups -OCH3 is 1. The highest BCUT2D eigenvalue weighted by Gasteiger charge is 2.33. The van der Waals surface area contributed by atoms with E-state index in [-0.39, 0.29) is 39.1 Å². The van der Waals surface area contributed by atoms with E-state index in [9.17, 15) is 18.0 Å². The van der Waals surface area contributed by atoms with E-state index in [0.717, 1.165) is 9.87 Å². The summed E-state index contributed by atoms with van der Waals surface area (Å²) in [4.78, 5) is 28.3. The molecule has 0 aliphatic rings. The van der Waals surface area contributed by atoms with Gasteiger partial charge in [0.05, 0.1) is 27.7 Å². The highest BCUT2D eigenvalue weighted by molar-refractivity contribution is 7.92. The summed E-state index contributed by atoms with van der Waals surface area (Å²) in [5, 5.41) is 3.20. The average Bonchev–Trinajstić information content (AvgIpc) is 2.91. The van der Waals surface area contributed by atoms with Crippen molar-refractivity contribution in [2.75, 3.05) is 18.0 Å². The fraction of sp³-hybridized carbons (Fsp3) is 0.310. The zero-order chi connectivity index (χ0) is 29.6. The highest BCUT2D eigenvalue weighted by atomic mass is 35.5. The van der Waals surface area contributed by atoms with Gasteiger partial charge in [0.1, 0.15) is 18.3 Å². The number of amides is 2. The summed E-state index contributed by atoms with van der Waals surface area (Å²) in [5.74, 6) is -0.367. The number of carbonyl (C=O) groups excluding carboxylic acids is 2. The number of ether oxygens (including phenoxy) is 1. The van der Waals surface area contributed by atoms with Gasteiger partial charge in [-0.05, 0) is 75.7 Å². The van der Waals surface area contributed by atoms with Crippen LogP contribution in [0.3, 0.4) is 0 Å². The van der Waals surface area contributed by atoms with Gasteiger partial charge in [-0.3, -0.25) is 13.9 Å². The smallest absolute Gasteiger partial charge is 0.264 e. The van der Waals surface area contributed by atoms with Crippen molar-refractivity contribution in [1.29, 1.82) is 0 Å². The lowest BCUT2D eigenvalue weighted by Gasteiger charge is -2.32. The van der Waals surface area contributed by atoms with Crippen LogP contribution in [-0.2, 0) is 26.2 Å². The van der Waals surface area contributed by atoms with E-state index in [0.29, 0.717) is 11.3 Å². The zero-order valence-electron chi connectivity index (χ0n) is 23.0. The molecule has 2 amide bonds. The second kappa shape index (κ2) is 13.4. The monoisotopic (exact) mass is 605 g/mol. The molecule has 0 saturated heterocycles. The van der Waals surface area contributed by atoms with Crippen LogP contribution >= 0.6 is 23.2 Å². The molecule has 0 heterocycles. The van der Waals surface area contributed by atoms with E-state index in [1.807, 2.05) is 20.8 Å². The Morgan fingerprint density at radius 2 is 1.62 bits per heavy atom. The predicted octanol–water partition coefficient (Wildman–Crippen LogP) is 5.45. The Morgan fingerprint density at radius 1 is 0.950 bits per heavy atom. The van der Waals surface area contributed by atoms with Crippen LogP contribution in [-0.4, -0.2) is 50.9 Å². The van der Waals surface area contributed by atoms with Gasteiger partial charge in [-0.1, -0.05) is 53.0 Å². The van der Waals surface area contributed by atoms with Gasteiger partial charge in [0.15, 0.2) is 0 Å². The maximum absolute atomic E-state index is 14.0. The summed E-state index contributed by atoms with van der Waals surface area (Å²) in [6.45, 7) is 6.54. The quantitative estimate of drug-likeness (QED) is 0.313. The number of hydrogen-bond acceptors (Lipinski definition) is 5. The number of nitrogens with zero attached hydrogens (tertiary/aromatic N) is 2. The van der Waals surface area contributed by atoms with Crippen molar-refractivity contribution < 1.29 is 22.7 Å². The molecule has 3 aromatic rings. The second-order valence-corrected chi connectivity index (χ2v) is 12.3. The Labute approximate surface area is 245 Å². The third kappa shape index (κ3) is 7.68. The first-order valence-corrected chi connectivity index (χ1v) is 14.8. The number of anilines is 1. The molecular weight excluding hydrogens is 573 g/mol. The Balaban J connectivity index is 2.06. The fourth-order valence-electron chi connectivity index (χ4n) is 3.96. The number of nitrogens with one attached hydrogen (secondary N) is 1. The van der Waals surface area contributed by atoms with E-state index >= 15 is 0 Å². The lowest BCUT2D eigenvalue weighted by molar-refractivity contribution is -0.139. The van der Waals surface area contributed by atoms with E-state index in [2.05, 4.69) is 5.32 Å². The van der Waals surface area contributed by atoms with Crippen molar-refractivity contribution in [1.82, 2.24) is 10.2 Å². The maximum Gasteiger partial charge on any atom is 0.264 e. The number of rotatable bonds is 11. The normalized spacial score (nSPS) is 12.1. The van der Waals surface area contributed by atoms with Gasteiger partial charge in [-0.2, -0.15) is 0 Å². The maximum atomic E-state index is 14.0. The summed E-state index contributed by atoms with van der Waals surface area (Å²) in [6.07, 6.45) is 0. The molecule has 0 aliphatic carbocycles. The fourth-order valence-corrected chi connectivity index (χ4v) is 5.66. The molecule has 0 aromatic heterocycles. The van der Waals surface area contributed by atoms with Crippen molar-refractivity contribution in [3.8, 4) is 5.75 Å². The van der Waals surface area contributed by atoms with Gasteiger partial charge in [0.25, 0.3) is 10.0 Å². The molecule has 1 atom stereocenters. The summed E-state index contributed by atoms with van der Waals surface area (Å²) in [6, 6.07) is 16.7. The molecule has 3 rings (SSSR count). The summed E-state index contributed by atoms with van der Waals surface area (Å²) < 4.78 is 34.0. The number of halogens is 2. The van der Waals surface area contributed by atoms with Crippen molar-refractivity contribution in [3.63, 3.8) is 0 Å². The Morgan fingerprint density at radius 3 is 2.23 bits per heavy atom. The molecule has 3 aromatic carbocycles. The molecule has 40 heavy (non-hydrogen) atoms. The van der Waals surface area contributed by atoms with E-state index in [1.54, 1.807) is 43.3 Å². The second-order valence-electron chi connectivity index (χ2n) is 9.64. The van der Waals surface area contributed by atoms with Crippen LogP contribution in [0.5, 0.6) is 5.75 Å². The molecule has 214 valence electrons. The number of sulfonamides is 1. The van der Waals surface area contributed by atoms with Crippen LogP contribution in [0.1, 0.15) is 31.9 Å². The zero-order valence-corrected chi connectivity index (χ0v) is 25.3. The van der Waals surface area contributed by atoms with Crippen molar-refractivity contribution in [2.45, 2.75) is 51.2 Å². The molecular formula is C29H33Cl2N3O5S. The largest absolute Gasteiger partial charge is 0.497 e. The third-order valence-corrected chi connectivity index (χ3v) is 8.69. The number of hydrogen-bond donors (Lipinski definition) is 1. The minimum atomic E-state index is -4.21. The molecule has 0 bridgehead atoms. The van der Waals surface area contributed by atoms with Crippen LogP contribution in [0.25, 0.3) is 0 Å². The van der Waals surface area contributed by atoms with Gasteiger partial charge in [0, 0.05) is 12.6 Å². The van der Waals surface area contributed by atoms with Crippen LogP contribution in [0.15, 0.2) is 71.6 Å². The molecule has 0 aliphatic heterocycles. The van der Waals surface area contributed by atoms with Crippen LogP contribution < -0.4 is 14.4 Å². The first-order valence-electron chi connectivity index (χ1n) is 12.6. The topological polar surface area (TPSA) is 96.0 Å². The minimum Gasteiger partial charge on any atom is -0.497 e. The molecule has 0 unspecified atom stereocenters. The van der Waals surface area contributed by atoms with Crippen LogP contribution in [0, 0.1) is 6.92 Å². The molecule has 11 heteroatoms. The number of carbonyl (C=O) groups is 2. The van der Waals surface area contributed by atoms with Gasteiger partial charge in [-0.25, -0.2) is 8.42 Å². The Hall–Kier alpha value is -3.27. The summed E-state index contributed by atoms with van der Waals surface area (Å²) >= 11 is 12.3. The summed E-state index contributed by atoms with van der Waals surface area (Å²) in [7, 11) is -2.68. The van der Waals surface area contributed by atoms with E-state index in [4.69, 9.17) is 27.9 Å². The minimum absolute atomic E-state index is 0.00178. The highest BCUT2D eigenvalue weighted by Crippen LogP contribution is 2.31. The Kier molecular flexibility index (Phi) is 10.5. The van der Waals surface area contributed by atoms with Gasteiger partial charge in [-0.15, -0.1) is 0 Å². The lowest BCUT2D eigenvalue weighted by atomic mass is 10.1. The predicted molar refractivity (Wildman–Crippen MR) is 158 cm³/mol. The summed E-state index contributed by atoms with van der Waals surface area (Å²) in [5.41, 5.74) is 1.74. The average molecular weight is 607 g/mol. The van der Waals surface area contributed by atoms with Crippen LogP contribution in [0.2, 0.25) is 10.0 Å². The number of benzene rings is 3. The molecule has 0 fully saturated rings. The van der Waals surface area contributed by atoms with E-state index in [1.165, 1.54) is 42.3 Å². The van der Waals surface area contributed by atoms with Gasteiger partial charge >= 0.3 is 0 Å². The molecule has 0 spiro atoms. The van der Waals surface area contributed by atoms with Gasteiger partial charge < -0.3 is 15.0 Å². The molecule has 0 radical (unpaired) electrons. The molecule has 0 saturated carbocycles. The van der Waals surface area contributed by atoms with Crippen LogP contribution in [0.4, 0.5) is 5.69 Å².